The average Bonchev–Trinajstić information content (AvgIpc) is 2.95. The van der Waals surface area contributed by atoms with Gasteiger partial charge in [0.05, 0.1) is 12.2 Å². The molecule has 0 atom stereocenters. The van der Waals surface area contributed by atoms with E-state index >= 15 is 0 Å². The Kier molecular flexibility index (Phi) is 10.8. The number of Topliss-reactive ketones (excluding diaryl/α,β-unsaturated/α-hetero) is 1. The normalized spacial score (nSPS) is 18.5. The number of rotatable bonds is 14. The maximum Gasteiger partial charge on any atom is 0.153 e. The van der Waals surface area contributed by atoms with Gasteiger partial charge in [0, 0.05) is 62.3 Å². The van der Waals surface area contributed by atoms with Crippen LogP contribution >= 0.6 is 0 Å². The first kappa shape index (κ1) is 31.7. The maximum atomic E-state index is 14.8. The first-order valence-electron chi connectivity index (χ1n) is 15.1. The SMILES string of the molecule is CC1(C)CCN(Cc2cc(F)c(NCC(=O)CC3(N)CCN(c4cc(NCCCCC=O)ncn4)CC3)cc2F)CC1. The van der Waals surface area contributed by atoms with E-state index in [0.29, 0.717) is 44.5 Å². The third-order valence-corrected chi connectivity index (χ3v) is 8.56. The van der Waals surface area contributed by atoms with Crippen LogP contribution < -0.4 is 21.3 Å². The highest BCUT2D eigenvalue weighted by molar-refractivity contribution is 5.84. The summed E-state index contributed by atoms with van der Waals surface area (Å²) in [6.45, 7) is 8.46. The molecule has 2 aromatic rings. The van der Waals surface area contributed by atoms with Gasteiger partial charge in [0.1, 0.15) is 35.9 Å². The minimum atomic E-state index is -0.668. The van der Waals surface area contributed by atoms with Gasteiger partial charge in [-0.25, -0.2) is 18.7 Å². The number of nitrogens with two attached hydrogens (primary N) is 1. The summed E-state index contributed by atoms with van der Waals surface area (Å²) in [5.74, 6) is 0.338. The van der Waals surface area contributed by atoms with Crippen molar-refractivity contribution in [2.24, 2.45) is 11.1 Å². The lowest BCUT2D eigenvalue weighted by Gasteiger charge is -2.39. The lowest BCUT2D eigenvalue weighted by Crippen LogP contribution is -2.52. The molecule has 2 aliphatic heterocycles. The number of hydrogen-bond acceptors (Lipinski definition) is 9. The van der Waals surface area contributed by atoms with E-state index in [0.717, 1.165) is 69.3 Å². The molecule has 0 radical (unpaired) electrons. The standard InChI is InChI=1S/C31H45F2N7O2/c1-30(2)6-11-39(12-7-30)21-23-16-26(33)27(17-25(23)32)36-20-24(42)19-31(34)8-13-40(14-9-31)29-18-28(37-22-38-29)35-10-4-3-5-15-41/h15-18,22,36H,3-14,19-21,34H2,1-2H3,(H,35,37,38). The number of ketones is 1. The molecular formula is C31H45F2N7O2. The highest BCUT2D eigenvalue weighted by atomic mass is 19.1. The van der Waals surface area contributed by atoms with E-state index in [1.54, 1.807) is 0 Å². The van der Waals surface area contributed by atoms with E-state index in [-0.39, 0.29) is 29.9 Å². The van der Waals surface area contributed by atoms with Gasteiger partial charge < -0.3 is 26.1 Å². The average molecular weight is 586 g/mol. The number of benzene rings is 1. The molecule has 3 heterocycles. The van der Waals surface area contributed by atoms with E-state index in [4.69, 9.17) is 5.73 Å². The molecule has 0 saturated carbocycles. The minimum Gasteiger partial charge on any atom is -0.376 e. The fourth-order valence-corrected chi connectivity index (χ4v) is 5.59. The molecule has 42 heavy (non-hydrogen) atoms. The Balaban J connectivity index is 1.22. The summed E-state index contributed by atoms with van der Waals surface area (Å²) in [5, 5.41) is 6.05. The topological polar surface area (TPSA) is 116 Å². The zero-order valence-electron chi connectivity index (χ0n) is 24.9. The molecule has 230 valence electrons. The molecule has 4 rings (SSSR count). The molecule has 0 amide bonds. The van der Waals surface area contributed by atoms with Crippen molar-refractivity contribution in [3.8, 4) is 0 Å². The molecule has 0 aliphatic carbocycles. The Morgan fingerprint density at radius 3 is 2.45 bits per heavy atom. The van der Waals surface area contributed by atoms with Crippen LogP contribution in [0, 0.1) is 17.0 Å². The monoisotopic (exact) mass is 585 g/mol. The number of hydrogen-bond donors (Lipinski definition) is 3. The molecule has 1 aromatic heterocycles. The number of aldehydes is 1. The number of carbonyl (C=O) groups is 2. The number of nitrogens with one attached hydrogen (secondary N) is 2. The van der Waals surface area contributed by atoms with E-state index in [1.165, 1.54) is 12.4 Å². The number of nitrogens with zero attached hydrogens (tertiary/aromatic N) is 4. The summed E-state index contributed by atoms with van der Waals surface area (Å²) in [5.41, 5.74) is 6.54. The van der Waals surface area contributed by atoms with Crippen LogP contribution in [0.4, 0.5) is 26.1 Å². The Bertz CT molecular complexity index is 1210. The Morgan fingerprint density at radius 1 is 1.00 bits per heavy atom. The molecule has 1 aromatic carbocycles. The lowest BCUT2D eigenvalue weighted by atomic mass is 9.82. The third-order valence-electron chi connectivity index (χ3n) is 8.56. The highest BCUT2D eigenvalue weighted by Gasteiger charge is 2.33. The van der Waals surface area contributed by atoms with E-state index in [9.17, 15) is 18.4 Å². The number of carbonyl (C=O) groups excluding carboxylic acids is 2. The van der Waals surface area contributed by atoms with E-state index in [1.807, 2.05) is 6.07 Å². The van der Waals surface area contributed by atoms with Crippen molar-refractivity contribution in [3.63, 3.8) is 0 Å². The smallest absolute Gasteiger partial charge is 0.153 e. The van der Waals surface area contributed by atoms with Crippen LogP contribution in [0.15, 0.2) is 24.5 Å². The van der Waals surface area contributed by atoms with Gasteiger partial charge in [-0.05, 0) is 63.1 Å². The summed E-state index contributed by atoms with van der Waals surface area (Å²) in [7, 11) is 0. The molecule has 0 bridgehead atoms. The number of aromatic nitrogens is 2. The lowest BCUT2D eigenvalue weighted by molar-refractivity contribution is -0.118. The summed E-state index contributed by atoms with van der Waals surface area (Å²) < 4.78 is 29.7. The van der Waals surface area contributed by atoms with Gasteiger partial charge >= 0.3 is 0 Å². The summed E-state index contributed by atoms with van der Waals surface area (Å²) in [4.78, 5) is 36.2. The molecule has 11 heteroatoms. The van der Waals surface area contributed by atoms with E-state index in [2.05, 4.69) is 44.2 Å². The van der Waals surface area contributed by atoms with Crippen LogP contribution in [-0.2, 0) is 16.1 Å². The molecule has 0 unspecified atom stereocenters. The number of halogens is 2. The Labute approximate surface area is 247 Å². The Morgan fingerprint density at radius 2 is 1.74 bits per heavy atom. The van der Waals surface area contributed by atoms with Gasteiger partial charge in [0.2, 0.25) is 0 Å². The van der Waals surface area contributed by atoms with Gasteiger partial charge in [-0.1, -0.05) is 13.8 Å². The number of piperidine rings is 2. The summed E-state index contributed by atoms with van der Waals surface area (Å²) in [6, 6.07) is 4.28. The van der Waals surface area contributed by atoms with Crippen LogP contribution in [-0.4, -0.2) is 71.7 Å². The first-order valence-corrected chi connectivity index (χ1v) is 15.1. The molecule has 2 aliphatic rings. The van der Waals surface area contributed by atoms with Crippen molar-refractivity contribution in [2.75, 3.05) is 54.8 Å². The zero-order chi connectivity index (χ0) is 30.2. The second-order valence-corrected chi connectivity index (χ2v) is 12.6. The second kappa shape index (κ2) is 14.3. The van der Waals surface area contributed by atoms with Crippen molar-refractivity contribution in [2.45, 2.75) is 77.3 Å². The van der Waals surface area contributed by atoms with Crippen molar-refractivity contribution in [1.82, 2.24) is 14.9 Å². The van der Waals surface area contributed by atoms with Crippen LogP contribution in [0.3, 0.4) is 0 Å². The number of anilines is 3. The largest absolute Gasteiger partial charge is 0.376 e. The van der Waals surface area contributed by atoms with Crippen molar-refractivity contribution in [3.05, 3.63) is 41.7 Å². The molecule has 0 spiro atoms. The van der Waals surface area contributed by atoms with E-state index < -0.39 is 17.2 Å². The van der Waals surface area contributed by atoms with Crippen molar-refractivity contribution >= 4 is 29.4 Å². The van der Waals surface area contributed by atoms with Crippen LogP contribution in [0.1, 0.15) is 70.8 Å². The van der Waals surface area contributed by atoms with Gasteiger partial charge in [-0.15, -0.1) is 0 Å². The van der Waals surface area contributed by atoms with Crippen LogP contribution in [0.25, 0.3) is 0 Å². The van der Waals surface area contributed by atoms with Crippen LogP contribution in [0.5, 0.6) is 0 Å². The predicted molar refractivity (Wildman–Crippen MR) is 162 cm³/mol. The van der Waals surface area contributed by atoms with Gasteiger partial charge in [-0.2, -0.15) is 0 Å². The molecule has 9 nitrogen and oxygen atoms in total. The third kappa shape index (κ3) is 9.16. The van der Waals surface area contributed by atoms with Crippen LogP contribution in [0.2, 0.25) is 0 Å². The first-order chi connectivity index (χ1) is 20.1. The van der Waals surface area contributed by atoms with Crippen molar-refractivity contribution in [1.29, 1.82) is 0 Å². The molecule has 4 N–H and O–H groups in total. The number of unbranched alkanes of at least 4 members (excludes halogenated alkanes) is 2. The molecular weight excluding hydrogens is 540 g/mol. The van der Waals surface area contributed by atoms with Gasteiger partial charge in [0.15, 0.2) is 5.78 Å². The quantitative estimate of drug-likeness (QED) is 0.217. The molecule has 2 saturated heterocycles. The fraction of sp³-hybridized carbons (Fsp3) is 0.613. The fourth-order valence-electron chi connectivity index (χ4n) is 5.59. The van der Waals surface area contributed by atoms with Gasteiger partial charge in [-0.3, -0.25) is 9.69 Å². The second-order valence-electron chi connectivity index (χ2n) is 12.6. The summed E-state index contributed by atoms with van der Waals surface area (Å²) >= 11 is 0. The number of likely N-dealkylation sites (tertiary alicyclic amines) is 1. The highest BCUT2D eigenvalue weighted by Crippen LogP contribution is 2.31. The summed E-state index contributed by atoms with van der Waals surface area (Å²) in [6.07, 6.45) is 8.14. The zero-order valence-corrected chi connectivity index (χ0v) is 24.9. The Hall–Kier alpha value is -3.18. The predicted octanol–water partition coefficient (Wildman–Crippen LogP) is 4.53. The molecule has 2 fully saturated rings. The van der Waals surface area contributed by atoms with Crippen molar-refractivity contribution < 1.29 is 18.4 Å². The maximum absolute atomic E-state index is 14.8. The minimum absolute atomic E-state index is 0.0119. The van der Waals surface area contributed by atoms with Gasteiger partial charge in [0.25, 0.3) is 0 Å².